The lowest BCUT2D eigenvalue weighted by atomic mass is 9.97. The number of rotatable bonds is 4. The van der Waals surface area contributed by atoms with E-state index in [1.54, 1.807) is 6.20 Å². The van der Waals surface area contributed by atoms with Crippen LogP contribution in [0.2, 0.25) is 0 Å². The fourth-order valence-electron chi connectivity index (χ4n) is 3.81. The highest BCUT2D eigenvalue weighted by Gasteiger charge is 2.20. The van der Waals surface area contributed by atoms with Crippen LogP contribution in [0, 0.1) is 11.3 Å². The number of fused-ring (bicyclic) bond motifs is 2. The van der Waals surface area contributed by atoms with Gasteiger partial charge in [0.25, 0.3) is 0 Å². The number of pyridine rings is 1. The third-order valence-electron chi connectivity index (χ3n) is 5.11. The van der Waals surface area contributed by atoms with Crippen LogP contribution < -0.4 is 0 Å². The van der Waals surface area contributed by atoms with Crippen molar-refractivity contribution in [1.82, 2.24) is 9.88 Å². The molecule has 2 heterocycles. The molecule has 0 fully saturated rings. The summed E-state index contributed by atoms with van der Waals surface area (Å²) in [4.78, 5) is 6.64. The molecule has 0 radical (unpaired) electrons. The molecular formula is C22H21N3O. The van der Waals surface area contributed by atoms with Crippen molar-refractivity contribution >= 4 is 10.9 Å². The molecule has 4 rings (SSSR count). The normalized spacial score (nSPS) is 15.4. The first-order valence-electron chi connectivity index (χ1n) is 8.98. The van der Waals surface area contributed by atoms with Crippen molar-refractivity contribution in [2.45, 2.75) is 25.5 Å². The van der Waals surface area contributed by atoms with Gasteiger partial charge in [0.05, 0.1) is 17.2 Å². The van der Waals surface area contributed by atoms with Gasteiger partial charge in [-0.3, -0.25) is 9.88 Å². The maximum Gasteiger partial charge on any atom is 0.102 e. The van der Waals surface area contributed by atoms with Crippen molar-refractivity contribution < 1.29 is 5.11 Å². The van der Waals surface area contributed by atoms with Gasteiger partial charge in [0.1, 0.15) is 6.07 Å². The number of aliphatic hydroxyl groups excluding tert-OH is 1. The Balaban J connectivity index is 1.48. The Morgan fingerprint density at radius 2 is 1.96 bits per heavy atom. The quantitative estimate of drug-likeness (QED) is 0.791. The number of nitrogens with zero attached hydrogens (tertiary/aromatic N) is 3. The van der Waals surface area contributed by atoms with Crippen LogP contribution in [0.4, 0.5) is 0 Å². The molecule has 0 spiro atoms. The smallest absolute Gasteiger partial charge is 0.102 e. The van der Waals surface area contributed by atoms with Gasteiger partial charge in [0, 0.05) is 37.6 Å². The Kier molecular flexibility index (Phi) is 4.66. The number of aromatic nitrogens is 1. The van der Waals surface area contributed by atoms with Crippen molar-refractivity contribution in [2.24, 2.45) is 0 Å². The summed E-state index contributed by atoms with van der Waals surface area (Å²) >= 11 is 0. The van der Waals surface area contributed by atoms with Crippen LogP contribution in [-0.4, -0.2) is 34.2 Å². The second kappa shape index (κ2) is 7.25. The van der Waals surface area contributed by atoms with Gasteiger partial charge in [-0.1, -0.05) is 42.5 Å². The van der Waals surface area contributed by atoms with Crippen LogP contribution in [-0.2, 0) is 19.4 Å². The Morgan fingerprint density at radius 3 is 2.81 bits per heavy atom. The lowest BCUT2D eigenvalue weighted by Crippen LogP contribution is -2.37. The number of benzene rings is 2. The van der Waals surface area contributed by atoms with Crippen LogP contribution >= 0.6 is 0 Å². The molecule has 0 saturated carbocycles. The third-order valence-corrected chi connectivity index (χ3v) is 5.11. The van der Waals surface area contributed by atoms with E-state index in [9.17, 15) is 10.4 Å². The second-order valence-corrected chi connectivity index (χ2v) is 6.90. The maximum atomic E-state index is 10.6. The van der Waals surface area contributed by atoms with E-state index in [-0.39, 0.29) is 0 Å². The Morgan fingerprint density at radius 1 is 1.12 bits per heavy atom. The van der Waals surface area contributed by atoms with Crippen LogP contribution in [0.3, 0.4) is 0 Å². The minimum Gasteiger partial charge on any atom is -0.391 e. The largest absolute Gasteiger partial charge is 0.391 e. The molecule has 2 aromatic carbocycles. The molecule has 0 saturated heterocycles. The highest BCUT2D eigenvalue weighted by atomic mass is 16.3. The van der Waals surface area contributed by atoms with Gasteiger partial charge in [0.2, 0.25) is 0 Å². The number of β-amino-alcohol motifs (C(OH)–C–C–N with tert-alkyl or cyclic N) is 1. The molecule has 0 amide bonds. The van der Waals surface area contributed by atoms with Gasteiger partial charge in [0.15, 0.2) is 0 Å². The van der Waals surface area contributed by atoms with Crippen LogP contribution in [0.15, 0.2) is 54.7 Å². The molecule has 1 aromatic heterocycles. The van der Waals surface area contributed by atoms with E-state index in [2.05, 4.69) is 40.2 Å². The topological polar surface area (TPSA) is 60.1 Å². The zero-order valence-corrected chi connectivity index (χ0v) is 14.6. The van der Waals surface area contributed by atoms with Gasteiger partial charge >= 0.3 is 0 Å². The molecule has 1 atom stereocenters. The van der Waals surface area contributed by atoms with E-state index in [1.807, 2.05) is 24.3 Å². The van der Waals surface area contributed by atoms with E-state index < -0.39 is 6.10 Å². The fraction of sp³-hybridized carbons (Fsp3) is 0.273. The van der Waals surface area contributed by atoms with Crippen molar-refractivity contribution in [3.63, 3.8) is 0 Å². The number of hydrogen-bond donors (Lipinski definition) is 1. The zero-order valence-electron chi connectivity index (χ0n) is 14.6. The molecule has 130 valence electrons. The lowest BCUT2D eigenvalue weighted by molar-refractivity contribution is 0.105. The molecule has 1 aliphatic rings. The number of hydrogen-bond acceptors (Lipinski definition) is 4. The second-order valence-electron chi connectivity index (χ2n) is 6.90. The Bertz CT molecular complexity index is 977. The predicted molar refractivity (Wildman–Crippen MR) is 102 cm³/mol. The summed E-state index contributed by atoms with van der Waals surface area (Å²) < 4.78 is 0. The summed E-state index contributed by atoms with van der Waals surface area (Å²) in [5.41, 5.74) is 4.91. The van der Waals surface area contributed by atoms with Crippen molar-refractivity contribution in [3.05, 3.63) is 77.0 Å². The monoisotopic (exact) mass is 343 g/mol. The van der Waals surface area contributed by atoms with Gasteiger partial charge in [-0.2, -0.15) is 5.26 Å². The highest BCUT2D eigenvalue weighted by molar-refractivity contribution is 5.85. The first kappa shape index (κ1) is 16.7. The molecule has 4 nitrogen and oxygen atoms in total. The van der Waals surface area contributed by atoms with Crippen molar-refractivity contribution in [3.8, 4) is 6.07 Å². The summed E-state index contributed by atoms with van der Waals surface area (Å²) in [5.74, 6) is 0. The minimum atomic E-state index is -0.506. The average Bonchev–Trinajstić information content (AvgIpc) is 2.67. The molecule has 0 aliphatic carbocycles. The Hall–Kier alpha value is -2.74. The standard InChI is InChI=1S/C22H21N3O/c23-13-21-18(8-7-17-6-3-10-24-22(17)21)12-20(26)15-25-11-9-16-4-1-2-5-19(16)14-25/h1-8,10,20,26H,9,11-12,14-15H2. The molecule has 4 heteroatoms. The molecule has 0 bridgehead atoms. The molecule has 3 aromatic rings. The van der Waals surface area contributed by atoms with Gasteiger partial charge in [-0.05, 0) is 29.2 Å². The van der Waals surface area contributed by atoms with E-state index >= 15 is 0 Å². The number of aliphatic hydroxyl groups is 1. The van der Waals surface area contributed by atoms with E-state index in [0.717, 1.165) is 30.5 Å². The summed E-state index contributed by atoms with van der Waals surface area (Å²) in [5, 5.41) is 21.2. The van der Waals surface area contributed by atoms with Crippen molar-refractivity contribution in [2.75, 3.05) is 13.1 Å². The fourth-order valence-corrected chi connectivity index (χ4v) is 3.81. The summed E-state index contributed by atoms with van der Waals surface area (Å²) in [7, 11) is 0. The first-order chi connectivity index (χ1) is 12.7. The summed E-state index contributed by atoms with van der Waals surface area (Å²) in [6.45, 7) is 2.44. The van der Waals surface area contributed by atoms with E-state index in [4.69, 9.17) is 0 Å². The summed E-state index contributed by atoms with van der Waals surface area (Å²) in [6, 6.07) is 18.5. The van der Waals surface area contributed by atoms with E-state index in [0.29, 0.717) is 24.0 Å². The van der Waals surface area contributed by atoms with Crippen LogP contribution in [0.1, 0.15) is 22.3 Å². The average molecular weight is 343 g/mol. The van der Waals surface area contributed by atoms with Crippen LogP contribution in [0.5, 0.6) is 0 Å². The highest BCUT2D eigenvalue weighted by Crippen LogP contribution is 2.22. The molecular weight excluding hydrogens is 322 g/mol. The zero-order chi connectivity index (χ0) is 17.9. The minimum absolute atomic E-state index is 0.466. The third kappa shape index (κ3) is 3.32. The lowest BCUT2D eigenvalue weighted by Gasteiger charge is -2.30. The van der Waals surface area contributed by atoms with Crippen LogP contribution in [0.25, 0.3) is 10.9 Å². The SMILES string of the molecule is N#Cc1c(CC(O)CN2CCc3ccccc3C2)ccc2cccnc12. The van der Waals surface area contributed by atoms with E-state index in [1.165, 1.54) is 11.1 Å². The summed E-state index contributed by atoms with van der Waals surface area (Å²) in [6.07, 6.45) is 2.68. The maximum absolute atomic E-state index is 10.6. The predicted octanol–water partition coefficient (Wildman–Crippen LogP) is 3.07. The molecule has 1 N–H and O–H groups in total. The first-order valence-corrected chi connectivity index (χ1v) is 8.98. The van der Waals surface area contributed by atoms with Gasteiger partial charge in [-0.25, -0.2) is 0 Å². The molecule has 1 unspecified atom stereocenters. The van der Waals surface area contributed by atoms with Crippen molar-refractivity contribution in [1.29, 1.82) is 5.26 Å². The molecule has 26 heavy (non-hydrogen) atoms. The molecule has 1 aliphatic heterocycles. The van der Waals surface area contributed by atoms with Gasteiger partial charge in [-0.15, -0.1) is 0 Å². The van der Waals surface area contributed by atoms with Gasteiger partial charge < -0.3 is 5.11 Å². The number of nitriles is 1. The Labute approximate surface area is 153 Å².